The first-order valence-electron chi connectivity index (χ1n) is 6.89. The predicted molar refractivity (Wildman–Crippen MR) is 81.0 cm³/mol. The number of nitrogens with one attached hydrogen (secondary N) is 2. The van der Waals surface area contributed by atoms with Crippen molar-refractivity contribution < 1.29 is 14.7 Å². The van der Waals surface area contributed by atoms with Gasteiger partial charge in [0.25, 0.3) is 5.91 Å². The molecule has 112 valence electrons. The summed E-state index contributed by atoms with van der Waals surface area (Å²) in [5.41, 5.74) is 0.499. The van der Waals surface area contributed by atoms with Crippen LogP contribution in [0.3, 0.4) is 0 Å². The average Bonchev–Trinajstić information content (AvgIpc) is 3.14. The highest BCUT2D eigenvalue weighted by molar-refractivity contribution is 7.10. The smallest absolute Gasteiger partial charge is 0.252 e. The minimum atomic E-state index is -0.554. The molecule has 1 aliphatic rings. The van der Waals surface area contributed by atoms with E-state index in [0.717, 1.165) is 17.7 Å². The summed E-state index contributed by atoms with van der Waals surface area (Å²) >= 11 is 1.37. The number of hydrogen-bond donors (Lipinski definition) is 3. The summed E-state index contributed by atoms with van der Waals surface area (Å²) in [7, 11) is 0. The number of rotatable bonds is 5. The molecule has 0 saturated heterocycles. The van der Waals surface area contributed by atoms with E-state index in [0.29, 0.717) is 12.0 Å². The molecule has 0 aromatic carbocycles. The third kappa shape index (κ3) is 4.88. The average molecular weight is 306 g/mol. The minimum absolute atomic E-state index is 0.0271. The summed E-state index contributed by atoms with van der Waals surface area (Å²) in [4.78, 5) is 24.6. The van der Waals surface area contributed by atoms with Gasteiger partial charge in [-0.2, -0.15) is 0 Å². The van der Waals surface area contributed by atoms with Crippen molar-refractivity contribution in [2.75, 3.05) is 6.61 Å². The molecular weight excluding hydrogens is 288 g/mol. The zero-order valence-electron chi connectivity index (χ0n) is 11.8. The van der Waals surface area contributed by atoms with Gasteiger partial charge in [-0.25, -0.2) is 0 Å². The Balaban J connectivity index is 1.87. The molecule has 3 N–H and O–H groups in total. The van der Waals surface area contributed by atoms with Crippen LogP contribution in [0.1, 0.15) is 41.4 Å². The summed E-state index contributed by atoms with van der Waals surface area (Å²) in [6.07, 6.45) is 2.46. The highest BCUT2D eigenvalue weighted by atomic mass is 32.1. The Morgan fingerprint density at radius 3 is 2.95 bits per heavy atom. The summed E-state index contributed by atoms with van der Waals surface area (Å²) < 4.78 is 0. The van der Waals surface area contributed by atoms with Crippen molar-refractivity contribution in [2.24, 2.45) is 0 Å². The third-order valence-electron chi connectivity index (χ3n) is 2.97. The van der Waals surface area contributed by atoms with Gasteiger partial charge in [0.05, 0.1) is 17.0 Å². The first-order chi connectivity index (χ1) is 10.1. The van der Waals surface area contributed by atoms with Crippen LogP contribution in [0.4, 0.5) is 0 Å². The summed E-state index contributed by atoms with van der Waals surface area (Å²) in [5, 5.41) is 15.9. The Kier molecular flexibility index (Phi) is 5.37. The van der Waals surface area contributed by atoms with Crippen molar-refractivity contribution in [1.29, 1.82) is 0 Å². The zero-order chi connectivity index (χ0) is 15.2. The van der Waals surface area contributed by atoms with E-state index in [4.69, 9.17) is 5.11 Å². The van der Waals surface area contributed by atoms with Crippen molar-refractivity contribution in [2.45, 2.75) is 38.3 Å². The van der Waals surface area contributed by atoms with Gasteiger partial charge < -0.3 is 15.7 Å². The quantitative estimate of drug-likeness (QED) is 0.707. The summed E-state index contributed by atoms with van der Waals surface area (Å²) in [6, 6.07) is 1.42. The molecule has 2 rings (SSSR count). The molecule has 1 fully saturated rings. The Hall–Kier alpha value is -1.84. The van der Waals surface area contributed by atoms with E-state index in [1.807, 2.05) is 0 Å². The van der Waals surface area contributed by atoms with E-state index in [2.05, 4.69) is 22.5 Å². The third-order valence-corrected chi connectivity index (χ3v) is 3.82. The molecule has 1 heterocycles. The molecule has 21 heavy (non-hydrogen) atoms. The van der Waals surface area contributed by atoms with Gasteiger partial charge >= 0.3 is 0 Å². The van der Waals surface area contributed by atoms with Crippen LogP contribution in [0.5, 0.6) is 0 Å². The molecule has 2 amide bonds. The van der Waals surface area contributed by atoms with Crippen LogP contribution in [-0.4, -0.2) is 35.6 Å². The minimum Gasteiger partial charge on any atom is -0.395 e. The number of amides is 2. The number of carbonyl (C=O) groups excluding carboxylic acids is 2. The number of aliphatic hydroxyl groups is 1. The van der Waals surface area contributed by atoms with Gasteiger partial charge in [-0.3, -0.25) is 9.59 Å². The number of thiophene rings is 1. The standard InChI is InChI=1S/C15H18N2O3S/c1-10(14(19)17-12-5-6-12)16-15(20)11-8-13(21-9-11)4-2-3-7-18/h8-10,12,18H,3,5-7H2,1H3,(H,16,20)(H,17,19). The van der Waals surface area contributed by atoms with E-state index in [-0.39, 0.29) is 24.5 Å². The first kappa shape index (κ1) is 15.5. The van der Waals surface area contributed by atoms with Crippen molar-refractivity contribution in [3.05, 3.63) is 21.9 Å². The highest BCUT2D eigenvalue weighted by Crippen LogP contribution is 2.18. The molecule has 0 radical (unpaired) electrons. The number of hydrogen-bond acceptors (Lipinski definition) is 4. The van der Waals surface area contributed by atoms with Crippen molar-refractivity contribution >= 4 is 23.2 Å². The zero-order valence-corrected chi connectivity index (χ0v) is 12.6. The Morgan fingerprint density at radius 2 is 2.29 bits per heavy atom. The molecule has 1 aromatic rings. The van der Waals surface area contributed by atoms with E-state index in [9.17, 15) is 9.59 Å². The Labute approximate surface area is 127 Å². The maximum atomic E-state index is 12.0. The van der Waals surface area contributed by atoms with Crippen molar-refractivity contribution in [3.8, 4) is 11.8 Å². The fraction of sp³-hybridized carbons (Fsp3) is 0.467. The predicted octanol–water partition coefficient (Wildman–Crippen LogP) is 0.879. The molecule has 0 bridgehead atoms. The maximum absolute atomic E-state index is 12.0. The van der Waals surface area contributed by atoms with Gasteiger partial charge in [0.2, 0.25) is 5.91 Å². The molecular formula is C15H18N2O3S. The lowest BCUT2D eigenvalue weighted by Crippen LogP contribution is -2.45. The SMILES string of the molecule is CC(NC(=O)c1csc(C#CCCO)c1)C(=O)NC1CC1. The molecule has 1 aliphatic carbocycles. The van der Waals surface area contributed by atoms with Crippen molar-refractivity contribution in [1.82, 2.24) is 10.6 Å². The van der Waals surface area contributed by atoms with E-state index in [1.54, 1.807) is 18.4 Å². The fourth-order valence-corrected chi connectivity index (χ4v) is 2.38. The molecule has 1 atom stereocenters. The van der Waals surface area contributed by atoms with E-state index >= 15 is 0 Å². The molecule has 5 nitrogen and oxygen atoms in total. The van der Waals surface area contributed by atoms with Gasteiger partial charge in [0, 0.05) is 17.8 Å². The lowest BCUT2D eigenvalue weighted by molar-refractivity contribution is -0.122. The highest BCUT2D eigenvalue weighted by Gasteiger charge is 2.26. The van der Waals surface area contributed by atoms with Crippen LogP contribution in [0, 0.1) is 11.8 Å². The van der Waals surface area contributed by atoms with Crippen LogP contribution in [0.2, 0.25) is 0 Å². The van der Waals surface area contributed by atoms with E-state index < -0.39 is 6.04 Å². The molecule has 1 aromatic heterocycles. The van der Waals surface area contributed by atoms with E-state index in [1.165, 1.54) is 11.3 Å². The van der Waals surface area contributed by atoms with Gasteiger partial charge in [-0.1, -0.05) is 11.8 Å². The van der Waals surface area contributed by atoms with Crippen LogP contribution >= 0.6 is 11.3 Å². The maximum Gasteiger partial charge on any atom is 0.252 e. The van der Waals surface area contributed by atoms with Crippen molar-refractivity contribution in [3.63, 3.8) is 0 Å². The second-order valence-electron chi connectivity index (χ2n) is 4.95. The lowest BCUT2D eigenvalue weighted by atomic mass is 10.2. The molecule has 1 saturated carbocycles. The second kappa shape index (κ2) is 7.25. The normalized spacial score (nSPS) is 14.8. The number of carbonyl (C=O) groups is 2. The topological polar surface area (TPSA) is 78.4 Å². The lowest BCUT2D eigenvalue weighted by Gasteiger charge is -2.13. The molecule has 0 aliphatic heterocycles. The molecule has 0 spiro atoms. The first-order valence-corrected chi connectivity index (χ1v) is 7.77. The summed E-state index contributed by atoms with van der Waals surface area (Å²) in [6.45, 7) is 1.70. The van der Waals surface area contributed by atoms with Crippen LogP contribution in [-0.2, 0) is 4.79 Å². The monoisotopic (exact) mass is 306 g/mol. The van der Waals surface area contributed by atoms with Gasteiger partial charge in [0.1, 0.15) is 6.04 Å². The Morgan fingerprint density at radius 1 is 1.52 bits per heavy atom. The fourth-order valence-electron chi connectivity index (χ4n) is 1.63. The largest absolute Gasteiger partial charge is 0.395 e. The number of aliphatic hydroxyl groups excluding tert-OH is 1. The molecule has 1 unspecified atom stereocenters. The van der Waals surface area contributed by atoms with Crippen LogP contribution < -0.4 is 10.6 Å². The van der Waals surface area contributed by atoms with Crippen LogP contribution in [0.15, 0.2) is 11.4 Å². The second-order valence-corrected chi connectivity index (χ2v) is 5.86. The van der Waals surface area contributed by atoms with Crippen LogP contribution in [0.25, 0.3) is 0 Å². The Bertz CT molecular complexity index is 581. The van der Waals surface area contributed by atoms with Gasteiger partial charge in [0.15, 0.2) is 0 Å². The van der Waals surface area contributed by atoms with Gasteiger partial charge in [-0.05, 0) is 25.8 Å². The molecule has 6 heteroatoms. The summed E-state index contributed by atoms with van der Waals surface area (Å²) in [5.74, 6) is 5.26. The van der Waals surface area contributed by atoms with Gasteiger partial charge in [-0.15, -0.1) is 11.3 Å².